The van der Waals surface area contributed by atoms with E-state index in [1.807, 2.05) is 25.1 Å². The number of aromatic nitrogens is 1. The van der Waals surface area contributed by atoms with Crippen LogP contribution in [0.4, 0.5) is 0 Å². The maximum absolute atomic E-state index is 8.79. The summed E-state index contributed by atoms with van der Waals surface area (Å²) in [6.45, 7) is -3.09. The highest BCUT2D eigenvalue weighted by Crippen LogP contribution is 2.36. The van der Waals surface area contributed by atoms with Crippen LogP contribution < -0.4 is 4.57 Å². The Morgan fingerprint density at radius 2 is 1.86 bits per heavy atom. The first-order chi connectivity index (χ1) is 12.8. The molecule has 0 bridgehead atoms. The maximum atomic E-state index is 8.79. The lowest BCUT2D eigenvalue weighted by atomic mass is 9.92. The molecule has 1 aromatic heterocycles. The number of hydrogen-bond donors (Lipinski definition) is 0. The third kappa shape index (κ3) is 2.74. The average molecular weight is 287 g/mol. The van der Waals surface area contributed by atoms with E-state index in [0.717, 1.165) is 42.4 Å². The van der Waals surface area contributed by atoms with E-state index in [2.05, 4.69) is 0 Å². The molecule has 0 saturated heterocycles. The molecule has 1 heterocycles. The summed E-state index contributed by atoms with van der Waals surface area (Å²) in [5.41, 5.74) is 3.06. The van der Waals surface area contributed by atoms with Gasteiger partial charge < -0.3 is 0 Å². The predicted molar refractivity (Wildman–Crippen MR) is 88.5 cm³/mol. The minimum Gasteiger partial charge on any atom is -0.201 e. The van der Waals surface area contributed by atoms with Gasteiger partial charge in [0.25, 0.3) is 0 Å². The second kappa shape index (κ2) is 5.63. The highest BCUT2D eigenvalue weighted by molar-refractivity contribution is 5.63. The summed E-state index contributed by atoms with van der Waals surface area (Å²) in [7, 11) is 1.73. The summed E-state index contributed by atoms with van der Waals surface area (Å²) in [5.74, 6) is -0.605. The maximum Gasteiger partial charge on any atom is 0.212 e. The summed E-state index contributed by atoms with van der Waals surface area (Å²) < 4.78 is 57.1. The Morgan fingerprint density at radius 3 is 2.57 bits per heavy atom. The normalized spacial score (nSPS) is 23.2. The van der Waals surface area contributed by atoms with Crippen molar-refractivity contribution in [3.05, 3.63) is 52.7 Å². The van der Waals surface area contributed by atoms with Crippen molar-refractivity contribution in [1.29, 1.82) is 0 Å². The molecule has 1 aliphatic rings. The largest absolute Gasteiger partial charge is 0.212 e. The molecule has 1 fully saturated rings. The molecule has 0 radical (unpaired) electrons. The summed E-state index contributed by atoms with van der Waals surface area (Å²) >= 11 is 0. The van der Waals surface area contributed by atoms with Crippen LogP contribution in [0.3, 0.4) is 0 Å². The van der Waals surface area contributed by atoms with Crippen LogP contribution in [0.1, 0.15) is 63.4 Å². The Balaban J connectivity index is 2.22. The first-order valence-electron chi connectivity index (χ1n) is 11.0. The fourth-order valence-electron chi connectivity index (χ4n) is 3.13. The summed E-state index contributed by atoms with van der Waals surface area (Å²) in [5, 5.41) is 0. The topological polar surface area (TPSA) is 3.88 Å². The smallest absolute Gasteiger partial charge is 0.201 e. The monoisotopic (exact) mass is 287 g/mol. The molecule has 1 aliphatic carbocycles. The Kier molecular flexibility index (Phi) is 2.18. The van der Waals surface area contributed by atoms with E-state index in [0.29, 0.717) is 5.69 Å². The van der Waals surface area contributed by atoms with Crippen LogP contribution in [0.5, 0.6) is 0 Å². The lowest BCUT2D eigenvalue weighted by molar-refractivity contribution is -0.660. The van der Waals surface area contributed by atoms with E-state index in [-0.39, 0.29) is 11.1 Å². The van der Waals surface area contributed by atoms with Crippen molar-refractivity contribution in [2.45, 2.75) is 52.2 Å². The Bertz CT molecular complexity index is 891. The first kappa shape index (κ1) is 8.12. The van der Waals surface area contributed by atoms with E-state index in [9.17, 15) is 0 Å². The lowest BCUT2D eigenvalue weighted by Crippen LogP contribution is -2.31. The van der Waals surface area contributed by atoms with Crippen molar-refractivity contribution in [3.63, 3.8) is 0 Å². The molecule has 2 aromatic rings. The fraction of sp³-hybridized carbons (Fsp3) is 0.450. The van der Waals surface area contributed by atoms with Gasteiger partial charge >= 0.3 is 0 Å². The lowest BCUT2D eigenvalue weighted by Gasteiger charge is -2.13. The van der Waals surface area contributed by atoms with E-state index in [1.54, 1.807) is 11.6 Å². The van der Waals surface area contributed by atoms with Gasteiger partial charge in [-0.1, -0.05) is 25.0 Å². The van der Waals surface area contributed by atoms with E-state index >= 15 is 0 Å². The summed E-state index contributed by atoms with van der Waals surface area (Å²) in [4.78, 5) is 0. The summed E-state index contributed by atoms with van der Waals surface area (Å²) in [6, 6.07) is 7.40. The first-order valence-corrected chi connectivity index (χ1v) is 7.49. The predicted octanol–water partition coefficient (Wildman–Crippen LogP) is 4.76. The molecule has 1 nitrogen and oxygen atoms in total. The van der Waals surface area contributed by atoms with Gasteiger partial charge in [-0.25, -0.2) is 4.57 Å². The molecular formula is C20H26N+. The number of pyridine rings is 1. The van der Waals surface area contributed by atoms with Gasteiger partial charge in [0.2, 0.25) is 5.69 Å². The molecule has 0 unspecified atom stereocenters. The second-order valence-corrected chi connectivity index (χ2v) is 5.94. The zero-order valence-corrected chi connectivity index (χ0v) is 12.7. The Morgan fingerprint density at radius 1 is 1.10 bits per heavy atom. The highest BCUT2D eigenvalue weighted by Gasteiger charge is 2.20. The number of rotatable bonds is 2. The van der Waals surface area contributed by atoms with Crippen molar-refractivity contribution >= 4 is 0 Å². The SMILES string of the molecule is [2H]C([2H])([2H])c1cc(-c2cc(C3([2H])CCCC3)ccc2C)[n+](C)cc1C([2H])([2H])[2H]. The van der Waals surface area contributed by atoms with Crippen LogP contribution in [-0.4, -0.2) is 0 Å². The highest BCUT2D eigenvalue weighted by atomic mass is 14.9. The van der Waals surface area contributed by atoms with Crippen molar-refractivity contribution in [1.82, 2.24) is 0 Å². The number of aryl methyl sites for hydroxylation is 4. The van der Waals surface area contributed by atoms with Crippen LogP contribution in [0.25, 0.3) is 11.3 Å². The van der Waals surface area contributed by atoms with E-state index < -0.39 is 19.6 Å². The number of hydrogen-bond acceptors (Lipinski definition) is 0. The van der Waals surface area contributed by atoms with Crippen LogP contribution in [0.15, 0.2) is 30.5 Å². The van der Waals surface area contributed by atoms with Gasteiger partial charge in [-0.15, -0.1) is 0 Å². The zero-order chi connectivity index (χ0) is 20.9. The molecule has 0 N–H and O–H groups in total. The fourth-order valence-corrected chi connectivity index (χ4v) is 3.13. The van der Waals surface area contributed by atoms with Gasteiger partial charge in [-0.05, 0) is 62.1 Å². The van der Waals surface area contributed by atoms with Gasteiger partial charge in [0, 0.05) is 26.8 Å². The van der Waals surface area contributed by atoms with Crippen molar-refractivity contribution < 1.29 is 14.2 Å². The minimum atomic E-state index is -2.53. The Labute approximate surface area is 138 Å². The van der Waals surface area contributed by atoms with Gasteiger partial charge in [0.1, 0.15) is 7.05 Å². The number of nitrogens with zero attached hydrogens (tertiary/aromatic N) is 1. The number of benzene rings is 1. The molecule has 0 amide bonds. The second-order valence-electron chi connectivity index (χ2n) is 5.94. The van der Waals surface area contributed by atoms with Crippen LogP contribution in [0.2, 0.25) is 0 Å². The van der Waals surface area contributed by atoms with Gasteiger partial charge in [0.05, 0.1) is 0 Å². The molecule has 1 heteroatoms. The standard InChI is InChI=1S/C20H26N/c1-14-9-10-18(17-7-5-6-8-17)12-19(14)20-11-15(2)16(3)13-21(20)4/h9-13,17H,5-8H2,1-4H3/q+1/i2D3,3D3,17D. The molecule has 21 heavy (non-hydrogen) atoms. The van der Waals surface area contributed by atoms with Gasteiger partial charge in [0.15, 0.2) is 6.20 Å². The minimum absolute atomic E-state index is 0.146. The molecular weight excluding hydrogens is 254 g/mol. The van der Waals surface area contributed by atoms with E-state index in [1.165, 1.54) is 12.3 Å². The molecule has 1 aromatic carbocycles. The molecule has 3 rings (SSSR count). The quantitative estimate of drug-likeness (QED) is 0.701. The van der Waals surface area contributed by atoms with Gasteiger partial charge in [-0.2, -0.15) is 0 Å². The molecule has 1 saturated carbocycles. The van der Waals surface area contributed by atoms with Crippen molar-refractivity contribution in [2.75, 3.05) is 0 Å². The summed E-state index contributed by atoms with van der Waals surface area (Å²) in [6.07, 6.45) is 5.12. The molecule has 110 valence electrons. The van der Waals surface area contributed by atoms with Gasteiger partial charge in [-0.3, -0.25) is 0 Å². The Hall–Kier alpha value is -1.63. The van der Waals surface area contributed by atoms with Crippen LogP contribution in [0, 0.1) is 20.6 Å². The van der Waals surface area contributed by atoms with Crippen LogP contribution in [-0.2, 0) is 7.05 Å². The molecule has 0 spiro atoms. The van der Waals surface area contributed by atoms with Crippen LogP contribution >= 0.6 is 0 Å². The van der Waals surface area contributed by atoms with E-state index in [4.69, 9.17) is 9.60 Å². The van der Waals surface area contributed by atoms with Crippen molar-refractivity contribution in [3.8, 4) is 11.3 Å². The molecule has 0 atom stereocenters. The zero-order valence-electron chi connectivity index (χ0n) is 19.7. The average Bonchev–Trinajstić information content (AvgIpc) is 3.01. The third-order valence-electron chi connectivity index (χ3n) is 4.40. The van der Waals surface area contributed by atoms with Crippen molar-refractivity contribution in [2.24, 2.45) is 7.05 Å². The third-order valence-corrected chi connectivity index (χ3v) is 4.40. The molecule has 0 aliphatic heterocycles.